The lowest BCUT2D eigenvalue weighted by Gasteiger charge is -2.27. The molecular formula is C17H19ClN2O3S. The number of rotatable bonds is 3. The smallest absolute Gasteiger partial charge is 0.286 e. The lowest BCUT2D eigenvalue weighted by molar-refractivity contribution is -0.113. The molecule has 5 nitrogen and oxygen atoms in total. The van der Waals surface area contributed by atoms with Crippen molar-refractivity contribution in [1.82, 2.24) is 4.90 Å². The Bertz CT molecular complexity index is 712. The topological polar surface area (TPSA) is 51.1 Å². The molecule has 7 heteroatoms. The zero-order valence-electron chi connectivity index (χ0n) is 13.7. The molecule has 0 aliphatic carbocycles. The number of nitrogens with zero attached hydrogens (tertiary/aromatic N) is 2. The number of carbonyl (C=O) groups is 1. The first-order valence-corrected chi connectivity index (χ1v) is 9.01. The Morgan fingerprint density at radius 2 is 1.96 bits per heavy atom. The number of carbonyl (C=O) groups excluding carboxylic acids is 1. The van der Waals surface area contributed by atoms with Crippen molar-refractivity contribution in [3.05, 3.63) is 27.6 Å². The number of hydrogen-bond acceptors (Lipinski definition) is 5. The molecule has 1 amide bonds. The van der Waals surface area contributed by atoms with Crippen LogP contribution in [0.25, 0.3) is 6.08 Å². The second kappa shape index (κ2) is 7.49. The molecule has 0 unspecified atom stereocenters. The van der Waals surface area contributed by atoms with Crippen LogP contribution in [0.1, 0.15) is 24.8 Å². The van der Waals surface area contributed by atoms with Gasteiger partial charge in [-0.05, 0) is 54.8 Å². The Kier molecular flexibility index (Phi) is 5.36. The van der Waals surface area contributed by atoms with Gasteiger partial charge in [0.05, 0.1) is 24.1 Å². The highest BCUT2D eigenvalue weighted by Gasteiger charge is 2.27. The van der Waals surface area contributed by atoms with Crippen molar-refractivity contribution in [2.45, 2.75) is 19.3 Å². The molecule has 128 valence electrons. The van der Waals surface area contributed by atoms with Crippen LogP contribution in [0.5, 0.6) is 11.5 Å². The number of aliphatic imine (C=N–C) groups is 1. The van der Waals surface area contributed by atoms with Crippen molar-refractivity contribution in [2.75, 3.05) is 27.3 Å². The van der Waals surface area contributed by atoms with E-state index in [0.717, 1.165) is 36.7 Å². The number of thioether (sulfide) groups is 1. The van der Waals surface area contributed by atoms with Gasteiger partial charge in [-0.15, -0.1) is 0 Å². The third-order valence-electron chi connectivity index (χ3n) is 3.99. The van der Waals surface area contributed by atoms with E-state index in [1.165, 1.54) is 25.3 Å². The van der Waals surface area contributed by atoms with E-state index >= 15 is 0 Å². The second-order valence-corrected chi connectivity index (χ2v) is 7.01. The van der Waals surface area contributed by atoms with Gasteiger partial charge in [0.1, 0.15) is 0 Å². The van der Waals surface area contributed by atoms with Gasteiger partial charge in [-0.1, -0.05) is 11.6 Å². The fraction of sp³-hybridized carbons (Fsp3) is 0.412. The maximum Gasteiger partial charge on any atom is 0.286 e. The van der Waals surface area contributed by atoms with E-state index in [1.54, 1.807) is 25.3 Å². The minimum Gasteiger partial charge on any atom is -0.493 e. The highest BCUT2D eigenvalue weighted by atomic mass is 35.5. The van der Waals surface area contributed by atoms with Crippen LogP contribution in [0.4, 0.5) is 0 Å². The van der Waals surface area contributed by atoms with E-state index in [2.05, 4.69) is 9.89 Å². The van der Waals surface area contributed by atoms with Crippen molar-refractivity contribution in [3.63, 3.8) is 0 Å². The van der Waals surface area contributed by atoms with Crippen molar-refractivity contribution >= 4 is 40.5 Å². The summed E-state index contributed by atoms with van der Waals surface area (Å²) in [5.74, 6) is 0.813. The number of ether oxygens (including phenoxy) is 2. The number of amides is 1. The number of hydrogen-bond donors (Lipinski definition) is 0. The van der Waals surface area contributed by atoms with E-state index in [-0.39, 0.29) is 5.91 Å². The average molecular weight is 367 g/mol. The molecule has 2 heterocycles. The minimum absolute atomic E-state index is 0.202. The molecule has 0 N–H and O–H groups in total. The molecule has 2 aliphatic rings. The second-order valence-electron chi connectivity index (χ2n) is 5.60. The predicted octanol–water partition coefficient (Wildman–Crippen LogP) is 3.81. The highest BCUT2D eigenvalue weighted by Crippen LogP contribution is 2.38. The van der Waals surface area contributed by atoms with Crippen molar-refractivity contribution < 1.29 is 14.3 Å². The van der Waals surface area contributed by atoms with Gasteiger partial charge in [-0.2, -0.15) is 4.99 Å². The summed E-state index contributed by atoms with van der Waals surface area (Å²) in [4.78, 5) is 19.2. The summed E-state index contributed by atoms with van der Waals surface area (Å²) in [7, 11) is 3.09. The first-order valence-electron chi connectivity index (χ1n) is 7.81. The lowest BCUT2D eigenvalue weighted by Crippen LogP contribution is -2.33. The fourth-order valence-corrected chi connectivity index (χ4v) is 4.05. The molecule has 0 spiro atoms. The zero-order chi connectivity index (χ0) is 17.1. The Morgan fingerprint density at radius 1 is 1.21 bits per heavy atom. The van der Waals surface area contributed by atoms with E-state index < -0.39 is 0 Å². The van der Waals surface area contributed by atoms with Crippen LogP contribution in [0.2, 0.25) is 5.02 Å². The minimum atomic E-state index is -0.202. The van der Waals surface area contributed by atoms with E-state index in [4.69, 9.17) is 21.1 Å². The molecule has 0 aromatic heterocycles. The average Bonchev–Trinajstić information content (AvgIpc) is 2.96. The summed E-state index contributed by atoms with van der Waals surface area (Å²) in [5.41, 5.74) is 0.781. The predicted molar refractivity (Wildman–Crippen MR) is 98.0 cm³/mol. The molecule has 1 fully saturated rings. The SMILES string of the molecule is COc1cc(/C=C2/SC(N3CCCCC3)=NC2=O)cc(Cl)c1OC. The van der Waals surface area contributed by atoms with E-state index in [9.17, 15) is 4.79 Å². The summed E-state index contributed by atoms with van der Waals surface area (Å²) in [6, 6.07) is 3.55. The highest BCUT2D eigenvalue weighted by molar-refractivity contribution is 8.18. The first-order chi connectivity index (χ1) is 11.6. The van der Waals surface area contributed by atoms with Gasteiger partial charge in [0.15, 0.2) is 16.7 Å². The van der Waals surface area contributed by atoms with Gasteiger partial charge < -0.3 is 14.4 Å². The van der Waals surface area contributed by atoms with Crippen LogP contribution in [0, 0.1) is 0 Å². The Balaban J connectivity index is 1.82. The quantitative estimate of drug-likeness (QED) is 0.761. The summed E-state index contributed by atoms with van der Waals surface area (Å²) in [6.07, 6.45) is 5.34. The van der Waals surface area contributed by atoms with Crippen molar-refractivity contribution in [3.8, 4) is 11.5 Å². The standard InChI is InChI=1S/C17H19ClN2O3S/c1-22-13-9-11(8-12(18)15(13)23-2)10-14-16(21)19-17(24-14)20-6-4-3-5-7-20/h8-10H,3-7H2,1-2H3/b14-10+. The van der Waals surface area contributed by atoms with Crippen LogP contribution >= 0.6 is 23.4 Å². The number of amidine groups is 1. The number of halogens is 1. The molecule has 1 aromatic carbocycles. The molecule has 0 atom stereocenters. The summed E-state index contributed by atoms with van der Waals surface area (Å²) < 4.78 is 10.5. The lowest BCUT2D eigenvalue weighted by atomic mass is 10.1. The van der Waals surface area contributed by atoms with Crippen LogP contribution in [0.15, 0.2) is 22.0 Å². The third-order valence-corrected chi connectivity index (χ3v) is 5.31. The zero-order valence-corrected chi connectivity index (χ0v) is 15.2. The molecule has 3 rings (SSSR count). The van der Waals surface area contributed by atoms with Crippen molar-refractivity contribution in [2.24, 2.45) is 4.99 Å². The number of likely N-dealkylation sites (tertiary alicyclic amines) is 1. The summed E-state index contributed by atoms with van der Waals surface area (Å²) in [6.45, 7) is 1.93. The first kappa shape index (κ1) is 17.2. The van der Waals surface area contributed by atoms with Crippen LogP contribution in [-0.4, -0.2) is 43.3 Å². The van der Waals surface area contributed by atoms with Crippen molar-refractivity contribution in [1.29, 1.82) is 0 Å². The molecule has 1 aromatic rings. The molecule has 24 heavy (non-hydrogen) atoms. The molecule has 0 saturated carbocycles. The fourth-order valence-electron chi connectivity index (χ4n) is 2.79. The maximum absolute atomic E-state index is 12.2. The molecule has 1 saturated heterocycles. The van der Waals surface area contributed by atoms with Gasteiger partial charge >= 0.3 is 0 Å². The monoisotopic (exact) mass is 366 g/mol. The van der Waals surface area contributed by atoms with Gasteiger partial charge in [0.25, 0.3) is 5.91 Å². The molecular weight excluding hydrogens is 348 g/mol. The normalized spacial score (nSPS) is 19.6. The number of benzene rings is 1. The third kappa shape index (κ3) is 3.54. The van der Waals surface area contributed by atoms with Gasteiger partial charge in [0.2, 0.25) is 0 Å². The molecule has 0 bridgehead atoms. The van der Waals surface area contributed by atoms with Gasteiger partial charge in [-0.3, -0.25) is 4.79 Å². The van der Waals surface area contributed by atoms with Gasteiger partial charge in [0, 0.05) is 13.1 Å². The summed E-state index contributed by atoms with van der Waals surface area (Å²) in [5, 5.41) is 1.24. The Labute approximate surface area is 150 Å². The molecule has 0 radical (unpaired) electrons. The Hall–Kier alpha value is -1.66. The molecule has 2 aliphatic heterocycles. The number of methoxy groups -OCH3 is 2. The van der Waals surface area contributed by atoms with Crippen LogP contribution in [0.3, 0.4) is 0 Å². The number of piperidine rings is 1. The van der Waals surface area contributed by atoms with Crippen LogP contribution < -0.4 is 9.47 Å². The van der Waals surface area contributed by atoms with E-state index in [0.29, 0.717) is 21.4 Å². The largest absolute Gasteiger partial charge is 0.493 e. The Morgan fingerprint density at radius 3 is 2.62 bits per heavy atom. The summed E-state index contributed by atoms with van der Waals surface area (Å²) >= 11 is 7.64. The van der Waals surface area contributed by atoms with E-state index in [1.807, 2.05) is 0 Å². The maximum atomic E-state index is 12.2. The van der Waals surface area contributed by atoms with Crippen LogP contribution in [-0.2, 0) is 4.79 Å². The van der Waals surface area contributed by atoms with Gasteiger partial charge in [-0.25, -0.2) is 0 Å².